The number of rotatable bonds is 5. The molecule has 0 aliphatic rings. The zero-order valence-electron chi connectivity index (χ0n) is 13.2. The minimum Gasteiger partial charge on any atom is -0.378 e. The van der Waals surface area contributed by atoms with Crippen molar-refractivity contribution in [2.75, 3.05) is 5.32 Å². The lowest BCUT2D eigenvalue weighted by molar-refractivity contribution is -0.384. The van der Waals surface area contributed by atoms with E-state index in [0.717, 1.165) is 14.7 Å². The van der Waals surface area contributed by atoms with Crippen molar-refractivity contribution in [3.8, 4) is 5.69 Å². The number of aromatic nitrogens is 2. The summed E-state index contributed by atoms with van der Waals surface area (Å²) in [6.45, 7) is 0.482. The molecule has 0 saturated carbocycles. The standard InChI is InChI=1S/C17H12BrClN4O3/c18-12-3-1-11(2-4-12)9-20-15-10-21-22(17(24)16(15)19)13-5-7-14(8-6-13)23(25)26/h1-8,10,20H,9H2. The quantitative estimate of drug-likeness (QED) is 0.480. The summed E-state index contributed by atoms with van der Waals surface area (Å²) in [7, 11) is 0. The SMILES string of the molecule is O=c1c(Cl)c(NCc2ccc(Br)cc2)cnn1-c1ccc([N+](=O)[O-])cc1. The van der Waals surface area contributed by atoms with Crippen LogP contribution in [0.2, 0.25) is 5.02 Å². The van der Waals surface area contributed by atoms with Gasteiger partial charge >= 0.3 is 0 Å². The molecule has 0 atom stereocenters. The van der Waals surface area contributed by atoms with Crippen molar-refractivity contribution in [2.45, 2.75) is 6.54 Å². The summed E-state index contributed by atoms with van der Waals surface area (Å²) < 4.78 is 2.07. The molecule has 9 heteroatoms. The normalized spacial score (nSPS) is 10.5. The number of benzene rings is 2. The van der Waals surface area contributed by atoms with Crippen molar-refractivity contribution in [3.63, 3.8) is 0 Å². The van der Waals surface area contributed by atoms with Gasteiger partial charge in [-0.05, 0) is 29.8 Å². The maximum Gasteiger partial charge on any atom is 0.292 e. The van der Waals surface area contributed by atoms with E-state index in [9.17, 15) is 14.9 Å². The van der Waals surface area contributed by atoms with E-state index in [0.29, 0.717) is 17.9 Å². The Morgan fingerprint density at radius 3 is 2.42 bits per heavy atom. The van der Waals surface area contributed by atoms with Gasteiger partial charge in [0.1, 0.15) is 5.02 Å². The molecule has 0 aliphatic carbocycles. The summed E-state index contributed by atoms with van der Waals surface area (Å²) >= 11 is 9.54. The molecule has 0 spiro atoms. The first kappa shape index (κ1) is 18.1. The van der Waals surface area contributed by atoms with Gasteiger partial charge in [-0.25, -0.2) is 0 Å². The first-order valence-corrected chi connectivity index (χ1v) is 8.64. The number of nitrogens with one attached hydrogen (secondary N) is 1. The molecule has 2 aromatic carbocycles. The molecule has 0 unspecified atom stereocenters. The van der Waals surface area contributed by atoms with E-state index < -0.39 is 10.5 Å². The van der Waals surface area contributed by atoms with Gasteiger partial charge in [-0.3, -0.25) is 14.9 Å². The van der Waals surface area contributed by atoms with Gasteiger partial charge in [-0.1, -0.05) is 39.7 Å². The highest BCUT2D eigenvalue weighted by atomic mass is 79.9. The molecule has 3 aromatic rings. The molecule has 7 nitrogen and oxygen atoms in total. The topological polar surface area (TPSA) is 90.1 Å². The Bertz CT molecular complexity index is 1000. The Balaban J connectivity index is 1.82. The van der Waals surface area contributed by atoms with Gasteiger partial charge in [-0.2, -0.15) is 9.78 Å². The lowest BCUT2D eigenvalue weighted by atomic mass is 10.2. The number of anilines is 1. The second kappa shape index (κ2) is 7.67. The van der Waals surface area contributed by atoms with Gasteiger partial charge in [0.15, 0.2) is 0 Å². The molecule has 0 bridgehead atoms. The molecule has 1 aromatic heterocycles. The molecule has 132 valence electrons. The Kier molecular flexibility index (Phi) is 5.34. The van der Waals surface area contributed by atoms with Crippen LogP contribution in [0.4, 0.5) is 11.4 Å². The van der Waals surface area contributed by atoms with Crippen molar-refractivity contribution >= 4 is 38.9 Å². The number of halogens is 2. The number of nitro groups is 1. The van der Waals surface area contributed by atoms with Crippen LogP contribution in [0, 0.1) is 10.1 Å². The largest absolute Gasteiger partial charge is 0.378 e. The van der Waals surface area contributed by atoms with Gasteiger partial charge in [0.2, 0.25) is 0 Å². The molecule has 0 radical (unpaired) electrons. The molecule has 0 amide bonds. The zero-order chi connectivity index (χ0) is 18.7. The summed E-state index contributed by atoms with van der Waals surface area (Å²) in [6, 6.07) is 13.2. The van der Waals surface area contributed by atoms with Crippen LogP contribution in [0.5, 0.6) is 0 Å². The fourth-order valence-corrected chi connectivity index (χ4v) is 2.72. The summed E-state index contributed by atoms with van der Waals surface area (Å²) in [5, 5.41) is 17.9. The van der Waals surface area contributed by atoms with Crippen molar-refractivity contribution in [1.29, 1.82) is 0 Å². The molecule has 0 saturated heterocycles. The molecule has 1 heterocycles. The monoisotopic (exact) mass is 434 g/mol. The number of nitrogens with zero attached hydrogens (tertiary/aromatic N) is 3. The lowest BCUT2D eigenvalue weighted by Gasteiger charge is -2.10. The van der Waals surface area contributed by atoms with Crippen molar-refractivity contribution < 1.29 is 4.92 Å². The highest BCUT2D eigenvalue weighted by molar-refractivity contribution is 9.10. The predicted molar refractivity (Wildman–Crippen MR) is 103 cm³/mol. The van der Waals surface area contributed by atoms with Crippen LogP contribution >= 0.6 is 27.5 Å². The Morgan fingerprint density at radius 2 is 1.81 bits per heavy atom. The Hall–Kier alpha value is -2.71. The van der Waals surface area contributed by atoms with E-state index in [1.165, 1.54) is 30.5 Å². The van der Waals surface area contributed by atoms with E-state index in [1.54, 1.807) is 0 Å². The van der Waals surface area contributed by atoms with E-state index in [2.05, 4.69) is 26.3 Å². The average Bonchev–Trinajstić information content (AvgIpc) is 2.64. The highest BCUT2D eigenvalue weighted by Gasteiger charge is 2.12. The fourth-order valence-electron chi connectivity index (χ4n) is 2.26. The number of non-ortho nitro benzene ring substituents is 1. The molecule has 0 fully saturated rings. The Morgan fingerprint density at radius 1 is 1.15 bits per heavy atom. The molecular formula is C17H12BrClN4O3. The maximum absolute atomic E-state index is 12.5. The van der Waals surface area contributed by atoms with Crippen LogP contribution in [0.25, 0.3) is 5.69 Å². The smallest absolute Gasteiger partial charge is 0.292 e. The third-order valence-corrected chi connectivity index (χ3v) is 4.51. The first-order chi connectivity index (χ1) is 12.5. The second-order valence-corrected chi connectivity index (χ2v) is 6.64. The van der Waals surface area contributed by atoms with E-state index in [-0.39, 0.29) is 10.7 Å². The van der Waals surface area contributed by atoms with E-state index >= 15 is 0 Å². The van der Waals surface area contributed by atoms with Crippen LogP contribution in [-0.2, 0) is 6.54 Å². The lowest BCUT2D eigenvalue weighted by Crippen LogP contribution is -2.22. The minimum atomic E-state index is -0.513. The highest BCUT2D eigenvalue weighted by Crippen LogP contribution is 2.19. The van der Waals surface area contributed by atoms with Gasteiger partial charge in [0, 0.05) is 23.2 Å². The van der Waals surface area contributed by atoms with Crippen LogP contribution < -0.4 is 10.9 Å². The summed E-state index contributed by atoms with van der Waals surface area (Å²) in [4.78, 5) is 22.7. The second-order valence-electron chi connectivity index (χ2n) is 5.34. The molecular weight excluding hydrogens is 424 g/mol. The van der Waals surface area contributed by atoms with Gasteiger partial charge in [0.25, 0.3) is 11.2 Å². The average molecular weight is 436 g/mol. The van der Waals surface area contributed by atoms with Crippen molar-refractivity contribution in [2.24, 2.45) is 0 Å². The summed E-state index contributed by atoms with van der Waals surface area (Å²) in [6.07, 6.45) is 1.45. The van der Waals surface area contributed by atoms with Gasteiger partial charge < -0.3 is 5.32 Å². The molecule has 0 aliphatic heterocycles. The summed E-state index contributed by atoms with van der Waals surface area (Å²) in [5.41, 5.74) is 1.24. The molecule has 3 rings (SSSR count). The number of nitro benzene ring substituents is 1. The third kappa shape index (κ3) is 3.92. The molecule has 26 heavy (non-hydrogen) atoms. The van der Waals surface area contributed by atoms with Crippen molar-refractivity contribution in [3.05, 3.63) is 90.3 Å². The number of hydrogen-bond acceptors (Lipinski definition) is 5. The van der Waals surface area contributed by atoms with Crippen LogP contribution in [-0.4, -0.2) is 14.7 Å². The fraction of sp³-hybridized carbons (Fsp3) is 0.0588. The van der Waals surface area contributed by atoms with Crippen LogP contribution in [0.3, 0.4) is 0 Å². The van der Waals surface area contributed by atoms with E-state index in [1.807, 2.05) is 24.3 Å². The summed E-state index contributed by atoms with van der Waals surface area (Å²) in [5.74, 6) is 0. The first-order valence-electron chi connectivity index (χ1n) is 7.46. The van der Waals surface area contributed by atoms with Crippen LogP contribution in [0.1, 0.15) is 5.56 Å². The van der Waals surface area contributed by atoms with E-state index in [4.69, 9.17) is 11.6 Å². The molecule has 1 N–H and O–H groups in total. The number of hydrogen-bond donors (Lipinski definition) is 1. The zero-order valence-corrected chi connectivity index (χ0v) is 15.6. The van der Waals surface area contributed by atoms with Crippen molar-refractivity contribution in [1.82, 2.24) is 9.78 Å². The predicted octanol–water partition coefficient (Wildman–Crippen LogP) is 4.17. The van der Waals surface area contributed by atoms with Crippen LogP contribution in [0.15, 0.2) is 64.0 Å². The maximum atomic E-state index is 12.5. The van der Waals surface area contributed by atoms with Gasteiger partial charge in [-0.15, -0.1) is 0 Å². The van der Waals surface area contributed by atoms with Gasteiger partial charge in [0.05, 0.1) is 22.5 Å². The Labute approximate surface area is 161 Å². The third-order valence-electron chi connectivity index (χ3n) is 3.62. The minimum absolute atomic E-state index is 0.00420.